The number of ether oxygens (including phenoxy) is 1. The third-order valence-corrected chi connectivity index (χ3v) is 6.98. The van der Waals surface area contributed by atoms with Gasteiger partial charge in [0, 0.05) is 23.1 Å². The first-order valence-electron chi connectivity index (χ1n) is 9.71. The number of thiazole rings is 1. The Labute approximate surface area is 164 Å². The zero-order valence-electron chi connectivity index (χ0n) is 15.9. The standard InChI is InChI=1S/C22H26N2O2S/c1-14(20-12-15-3-4-17(20)11-15)23-21(25)10-7-18-13-27-22(24-18)16-5-8-19(26-2)9-6-16/h5-10,13-15,17,20H,3-4,11-12H2,1-2H3,(H,23,25)/b10-7+/t14-,15+,17+,20+/m1/s1. The highest BCUT2D eigenvalue weighted by Gasteiger charge is 2.41. The molecule has 5 heteroatoms. The summed E-state index contributed by atoms with van der Waals surface area (Å²) in [5, 5.41) is 6.08. The van der Waals surface area contributed by atoms with Crippen LogP contribution in [0.5, 0.6) is 5.75 Å². The summed E-state index contributed by atoms with van der Waals surface area (Å²) in [6, 6.07) is 8.10. The molecular weight excluding hydrogens is 356 g/mol. The Bertz CT molecular complexity index is 827. The van der Waals surface area contributed by atoms with Crippen molar-refractivity contribution >= 4 is 23.3 Å². The van der Waals surface area contributed by atoms with Gasteiger partial charge in [0.1, 0.15) is 10.8 Å². The molecule has 1 aromatic heterocycles. The van der Waals surface area contributed by atoms with E-state index in [-0.39, 0.29) is 11.9 Å². The van der Waals surface area contributed by atoms with Crippen LogP contribution >= 0.6 is 11.3 Å². The van der Waals surface area contributed by atoms with Gasteiger partial charge in [0.15, 0.2) is 0 Å². The molecule has 2 aromatic rings. The largest absolute Gasteiger partial charge is 0.497 e. The minimum atomic E-state index is -0.0238. The van der Waals surface area contributed by atoms with Crippen LogP contribution < -0.4 is 10.1 Å². The van der Waals surface area contributed by atoms with E-state index in [0.717, 1.165) is 33.9 Å². The Balaban J connectivity index is 1.33. The lowest BCUT2D eigenvalue weighted by molar-refractivity contribution is -0.117. The zero-order chi connectivity index (χ0) is 18.8. The fraction of sp³-hybridized carbons (Fsp3) is 0.455. The quantitative estimate of drug-likeness (QED) is 0.732. The lowest BCUT2D eigenvalue weighted by Gasteiger charge is -2.28. The van der Waals surface area contributed by atoms with Gasteiger partial charge < -0.3 is 10.1 Å². The number of hydrogen-bond acceptors (Lipinski definition) is 4. The Morgan fingerprint density at radius 3 is 2.78 bits per heavy atom. The summed E-state index contributed by atoms with van der Waals surface area (Å²) in [6.45, 7) is 2.15. The Morgan fingerprint density at radius 1 is 1.30 bits per heavy atom. The molecule has 0 saturated heterocycles. The first kappa shape index (κ1) is 18.2. The number of carbonyl (C=O) groups excluding carboxylic acids is 1. The van der Waals surface area contributed by atoms with Crippen molar-refractivity contribution in [3.63, 3.8) is 0 Å². The van der Waals surface area contributed by atoms with Gasteiger partial charge in [-0.2, -0.15) is 0 Å². The second kappa shape index (κ2) is 7.85. The van der Waals surface area contributed by atoms with Crippen molar-refractivity contribution in [3.05, 3.63) is 41.4 Å². The molecule has 1 amide bonds. The molecule has 1 heterocycles. The average Bonchev–Trinajstić information content (AvgIpc) is 3.43. The number of nitrogens with one attached hydrogen (secondary N) is 1. The first-order valence-corrected chi connectivity index (χ1v) is 10.6. The normalized spacial score (nSPS) is 25.0. The SMILES string of the molecule is COc1ccc(-c2nc(/C=C/C(=O)N[C@H](C)[C@@H]3C[C@H]4CC[C@H]3C4)cs2)cc1. The molecule has 0 spiro atoms. The third kappa shape index (κ3) is 4.08. The monoisotopic (exact) mass is 382 g/mol. The van der Waals surface area contributed by atoms with Gasteiger partial charge in [0.2, 0.25) is 5.91 Å². The zero-order valence-corrected chi connectivity index (χ0v) is 16.7. The molecule has 142 valence electrons. The van der Waals surface area contributed by atoms with Gasteiger partial charge in [-0.15, -0.1) is 11.3 Å². The summed E-state index contributed by atoms with van der Waals surface area (Å²) in [5.74, 6) is 3.18. The molecule has 4 atom stereocenters. The van der Waals surface area contributed by atoms with Crippen molar-refractivity contribution in [1.82, 2.24) is 10.3 Å². The Morgan fingerprint density at radius 2 is 2.11 bits per heavy atom. The van der Waals surface area contributed by atoms with Gasteiger partial charge in [0.25, 0.3) is 0 Å². The van der Waals surface area contributed by atoms with Crippen LogP contribution in [0, 0.1) is 17.8 Å². The lowest BCUT2D eigenvalue weighted by atomic mass is 9.84. The number of methoxy groups -OCH3 is 1. The highest BCUT2D eigenvalue weighted by atomic mass is 32.1. The summed E-state index contributed by atoms with van der Waals surface area (Å²) in [4.78, 5) is 16.9. The Kier molecular flexibility index (Phi) is 5.30. The minimum Gasteiger partial charge on any atom is -0.497 e. The maximum absolute atomic E-state index is 12.3. The van der Waals surface area contributed by atoms with E-state index < -0.39 is 0 Å². The van der Waals surface area contributed by atoms with Crippen LogP contribution in [0.25, 0.3) is 16.6 Å². The summed E-state index contributed by atoms with van der Waals surface area (Å²) in [7, 11) is 1.66. The maximum atomic E-state index is 12.3. The molecule has 2 saturated carbocycles. The number of carbonyl (C=O) groups is 1. The van der Waals surface area contributed by atoms with Gasteiger partial charge >= 0.3 is 0 Å². The predicted molar refractivity (Wildman–Crippen MR) is 110 cm³/mol. The van der Waals surface area contributed by atoms with E-state index in [9.17, 15) is 4.79 Å². The number of amides is 1. The van der Waals surface area contributed by atoms with Gasteiger partial charge in [-0.25, -0.2) is 4.98 Å². The van der Waals surface area contributed by atoms with Crippen molar-refractivity contribution in [2.45, 2.75) is 38.6 Å². The van der Waals surface area contributed by atoms with Crippen LogP contribution in [0.15, 0.2) is 35.7 Å². The van der Waals surface area contributed by atoms with Crippen molar-refractivity contribution < 1.29 is 9.53 Å². The topological polar surface area (TPSA) is 51.2 Å². The Hall–Kier alpha value is -2.14. The van der Waals surface area contributed by atoms with Crippen molar-refractivity contribution in [1.29, 1.82) is 0 Å². The molecule has 2 aliphatic carbocycles. The first-order chi connectivity index (χ1) is 13.1. The van der Waals surface area contributed by atoms with Gasteiger partial charge in [-0.05, 0) is 74.3 Å². The van der Waals surface area contributed by atoms with Gasteiger partial charge in [0.05, 0.1) is 12.8 Å². The van der Waals surface area contributed by atoms with Gasteiger partial charge in [-0.1, -0.05) is 6.42 Å². The van der Waals surface area contributed by atoms with Crippen LogP contribution in [0.4, 0.5) is 0 Å². The average molecular weight is 383 g/mol. The third-order valence-electron chi connectivity index (χ3n) is 6.07. The number of aromatic nitrogens is 1. The summed E-state index contributed by atoms with van der Waals surface area (Å²) >= 11 is 1.58. The molecule has 2 bridgehead atoms. The molecule has 2 fully saturated rings. The highest BCUT2D eigenvalue weighted by molar-refractivity contribution is 7.13. The molecule has 0 unspecified atom stereocenters. The summed E-state index contributed by atoms with van der Waals surface area (Å²) in [6.07, 6.45) is 8.80. The maximum Gasteiger partial charge on any atom is 0.244 e. The summed E-state index contributed by atoms with van der Waals surface area (Å²) < 4.78 is 5.19. The van der Waals surface area contributed by atoms with Crippen molar-refractivity contribution in [2.75, 3.05) is 7.11 Å². The number of nitrogens with zero attached hydrogens (tertiary/aromatic N) is 1. The van der Waals surface area contributed by atoms with E-state index in [1.54, 1.807) is 30.6 Å². The van der Waals surface area contributed by atoms with Crippen LogP contribution in [-0.4, -0.2) is 24.0 Å². The van der Waals surface area contributed by atoms with Crippen LogP contribution in [0.3, 0.4) is 0 Å². The van der Waals surface area contributed by atoms with E-state index in [2.05, 4.69) is 17.2 Å². The molecule has 0 radical (unpaired) electrons. The molecule has 1 aromatic carbocycles. The number of hydrogen-bond donors (Lipinski definition) is 1. The molecule has 27 heavy (non-hydrogen) atoms. The summed E-state index contributed by atoms with van der Waals surface area (Å²) in [5.41, 5.74) is 1.86. The van der Waals surface area contributed by atoms with Crippen molar-refractivity contribution in [3.8, 4) is 16.3 Å². The van der Waals surface area contributed by atoms with E-state index in [4.69, 9.17) is 4.74 Å². The molecule has 1 N–H and O–H groups in total. The second-order valence-electron chi connectivity index (χ2n) is 7.78. The highest BCUT2D eigenvalue weighted by Crippen LogP contribution is 2.49. The lowest BCUT2D eigenvalue weighted by Crippen LogP contribution is -2.39. The number of rotatable bonds is 6. The molecule has 4 rings (SSSR count). The van der Waals surface area contributed by atoms with E-state index in [1.165, 1.54) is 25.7 Å². The number of benzene rings is 1. The van der Waals surface area contributed by atoms with Gasteiger partial charge in [-0.3, -0.25) is 4.79 Å². The van der Waals surface area contributed by atoms with Crippen LogP contribution in [-0.2, 0) is 4.79 Å². The van der Waals surface area contributed by atoms with Crippen LogP contribution in [0.2, 0.25) is 0 Å². The molecule has 2 aliphatic rings. The molecule has 0 aliphatic heterocycles. The fourth-order valence-corrected chi connectivity index (χ4v) is 5.47. The molecule has 4 nitrogen and oxygen atoms in total. The smallest absolute Gasteiger partial charge is 0.244 e. The van der Waals surface area contributed by atoms with Crippen molar-refractivity contribution in [2.24, 2.45) is 17.8 Å². The van der Waals surface area contributed by atoms with E-state index in [0.29, 0.717) is 5.92 Å². The fourth-order valence-electron chi connectivity index (χ4n) is 4.68. The van der Waals surface area contributed by atoms with E-state index >= 15 is 0 Å². The van der Waals surface area contributed by atoms with E-state index in [1.807, 2.05) is 29.6 Å². The van der Waals surface area contributed by atoms with Crippen LogP contribution in [0.1, 0.15) is 38.3 Å². The predicted octanol–water partition coefficient (Wildman–Crippen LogP) is 4.77. The second-order valence-corrected chi connectivity index (χ2v) is 8.63. The molecular formula is C22H26N2O2S. The number of fused-ring (bicyclic) bond motifs is 2. The minimum absolute atomic E-state index is 0.0238.